The van der Waals surface area contributed by atoms with E-state index >= 15 is 0 Å². The van der Waals surface area contributed by atoms with Crippen molar-refractivity contribution in [3.63, 3.8) is 0 Å². The van der Waals surface area contributed by atoms with Crippen molar-refractivity contribution in [1.29, 1.82) is 0 Å². The summed E-state index contributed by atoms with van der Waals surface area (Å²) in [6.45, 7) is 1.89. The molecule has 18 heavy (non-hydrogen) atoms. The number of aromatic nitrogens is 1. The van der Waals surface area contributed by atoms with E-state index in [0.29, 0.717) is 10.9 Å². The molecule has 1 amide bonds. The Morgan fingerprint density at radius 1 is 1.28 bits per heavy atom. The van der Waals surface area contributed by atoms with Gasteiger partial charge >= 0.3 is 0 Å². The fourth-order valence-electron chi connectivity index (χ4n) is 1.56. The highest BCUT2D eigenvalue weighted by Crippen LogP contribution is 2.18. The standard InChI is InChI=1S/C14H13BrN2O/c1-10-6-7-12(9-16-10)14(18)17-13-5-3-2-4-11(13)8-15/h2-7,9H,8H2,1H3,(H,17,18). The number of nitrogens with one attached hydrogen (secondary N) is 1. The van der Waals surface area contributed by atoms with Crippen molar-refractivity contribution < 1.29 is 4.79 Å². The second-order valence-corrected chi connectivity index (χ2v) is 4.49. The first kappa shape index (κ1) is 12.8. The van der Waals surface area contributed by atoms with Crippen LogP contribution in [0.2, 0.25) is 0 Å². The highest BCUT2D eigenvalue weighted by Gasteiger charge is 2.08. The molecule has 4 heteroatoms. The zero-order valence-electron chi connectivity index (χ0n) is 9.98. The average Bonchev–Trinajstić information content (AvgIpc) is 2.40. The zero-order chi connectivity index (χ0) is 13.0. The largest absolute Gasteiger partial charge is 0.322 e. The van der Waals surface area contributed by atoms with E-state index in [-0.39, 0.29) is 5.91 Å². The first-order chi connectivity index (χ1) is 8.70. The number of anilines is 1. The fraction of sp³-hybridized carbons (Fsp3) is 0.143. The number of carbonyl (C=O) groups excluding carboxylic acids is 1. The topological polar surface area (TPSA) is 42.0 Å². The van der Waals surface area contributed by atoms with Crippen molar-refractivity contribution in [3.05, 3.63) is 59.4 Å². The van der Waals surface area contributed by atoms with Gasteiger partial charge in [0.25, 0.3) is 5.91 Å². The third-order valence-electron chi connectivity index (χ3n) is 2.58. The van der Waals surface area contributed by atoms with E-state index in [1.54, 1.807) is 12.3 Å². The highest BCUT2D eigenvalue weighted by molar-refractivity contribution is 9.08. The van der Waals surface area contributed by atoms with Crippen LogP contribution in [0.15, 0.2) is 42.6 Å². The maximum atomic E-state index is 12.0. The second kappa shape index (κ2) is 5.78. The number of pyridine rings is 1. The molecule has 0 aliphatic carbocycles. The first-order valence-electron chi connectivity index (χ1n) is 5.58. The lowest BCUT2D eigenvalue weighted by molar-refractivity contribution is 0.102. The molecule has 0 fully saturated rings. The quantitative estimate of drug-likeness (QED) is 0.881. The molecule has 1 N–H and O–H groups in total. The Hall–Kier alpha value is -1.68. The molecule has 0 atom stereocenters. The molecule has 92 valence electrons. The number of para-hydroxylation sites is 1. The van der Waals surface area contributed by atoms with Crippen molar-refractivity contribution >= 4 is 27.5 Å². The molecule has 1 heterocycles. The zero-order valence-corrected chi connectivity index (χ0v) is 11.6. The summed E-state index contributed by atoms with van der Waals surface area (Å²) >= 11 is 3.40. The third kappa shape index (κ3) is 2.96. The van der Waals surface area contributed by atoms with Gasteiger partial charge in [-0.15, -0.1) is 0 Å². The Morgan fingerprint density at radius 3 is 2.72 bits per heavy atom. The SMILES string of the molecule is Cc1ccc(C(=O)Nc2ccccc2CBr)cn1. The van der Waals surface area contributed by atoms with Crippen molar-refractivity contribution in [3.8, 4) is 0 Å². The van der Waals surface area contributed by atoms with Crippen LogP contribution >= 0.6 is 15.9 Å². The van der Waals surface area contributed by atoms with E-state index in [9.17, 15) is 4.79 Å². The van der Waals surface area contributed by atoms with Gasteiger partial charge in [-0.05, 0) is 30.7 Å². The van der Waals surface area contributed by atoms with Crippen LogP contribution in [0.3, 0.4) is 0 Å². The molecule has 0 saturated heterocycles. The Balaban J connectivity index is 2.18. The van der Waals surface area contributed by atoms with E-state index in [4.69, 9.17) is 0 Å². The number of aryl methyl sites for hydroxylation is 1. The van der Waals surface area contributed by atoms with E-state index in [2.05, 4.69) is 26.2 Å². The molecule has 2 rings (SSSR count). The van der Waals surface area contributed by atoms with E-state index in [1.807, 2.05) is 37.3 Å². The number of carbonyl (C=O) groups is 1. The normalized spacial score (nSPS) is 10.1. The van der Waals surface area contributed by atoms with Crippen LogP contribution in [0, 0.1) is 6.92 Å². The lowest BCUT2D eigenvalue weighted by Gasteiger charge is -2.09. The van der Waals surface area contributed by atoms with Crippen molar-refractivity contribution in [1.82, 2.24) is 4.98 Å². The lowest BCUT2D eigenvalue weighted by atomic mass is 10.2. The van der Waals surface area contributed by atoms with Gasteiger partial charge in [0, 0.05) is 22.9 Å². The average molecular weight is 305 g/mol. The van der Waals surface area contributed by atoms with E-state index < -0.39 is 0 Å². The molecule has 3 nitrogen and oxygen atoms in total. The van der Waals surface area contributed by atoms with Crippen LogP contribution in [-0.2, 0) is 5.33 Å². The summed E-state index contributed by atoms with van der Waals surface area (Å²) in [6, 6.07) is 11.3. The van der Waals surface area contributed by atoms with Gasteiger partial charge in [-0.3, -0.25) is 9.78 Å². The molecule has 0 aliphatic heterocycles. The van der Waals surface area contributed by atoms with Crippen molar-refractivity contribution in [2.75, 3.05) is 5.32 Å². The van der Waals surface area contributed by atoms with E-state index in [0.717, 1.165) is 16.9 Å². The maximum Gasteiger partial charge on any atom is 0.257 e. The smallest absolute Gasteiger partial charge is 0.257 e. The van der Waals surface area contributed by atoms with Gasteiger partial charge in [0.05, 0.1) is 5.56 Å². The number of benzene rings is 1. The van der Waals surface area contributed by atoms with Gasteiger partial charge in [-0.1, -0.05) is 34.1 Å². The second-order valence-electron chi connectivity index (χ2n) is 3.93. The maximum absolute atomic E-state index is 12.0. The minimum atomic E-state index is -0.143. The van der Waals surface area contributed by atoms with Crippen LogP contribution in [0.25, 0.3) is 0 Å². The summed E-state index contributed by atoms with van der Waals surface area (Å²) in [6.07, 6.45) is 1.58. The number of nitrogens with zero attached hydrogens (tertiary/aromatic N) is 1. The Kier molecular flexibility index (Phi) is 4.10. The molecule has 0 bridgehead atoms. The number of amides is 1. The summed E-state index contributed by atoms with van der Waals surface area (Å²) in [7, 11) is 0. The lowest BCUT2D eigenvalue weighted by Crippen LogP contribution is -2.13. The molecule has 0 spiro atoms. The molecule has 0 unspecified atom stereocenters. The summed E-state index contributed by atoms with van der Waals surface area (Å²) in [4.78, 5) is 16.1. The van der Waals surface area contributed by atoms with Crippen LogP contribution < -0.4 is 5.32 Å². The monoisotopic (exact) mass is 304 g/mol. The predicted octanol–water partition coefficient (Wildman–Crippen LogP) is 3.54. The summed E-state index contributed by atoms with van der Waals surface area (Å²) in [5.74, 6) is -0.143. The molecule has 0 radical (unpaired) electrons. The number of rotatable bonds is 3. The fourth-order valence-corrected chi connectivity index (χ4v) is 2.04. The van der Waals surface area contributed by atoms with Gasteiger partial charge in [0.1, 0.15) is 0 Å². The number of halogens is 1. The van der Waals surface area contributed by atoms with Gasteiger partial charge in [-0.2, -0.15) is 0 Å². The van der Waals surface area contributed by atoms with Crippen LogP contribution in [0.1, 0.15) is 21.6 Å². The van der Waals surface area contributed by atoms with Crippen molar-refractivity contribution in [2.45, 2.75) is 12.3 Å². The summed E-state index contributed by atoms with van der Waals surface area (Å²) in [5, 5.41) is 3.59. The molecular weight excluding hydrogens is 292 g/mol. The molecule has 0 saturated carbocycles. The number of hydrogen-bond donors (Lipinski definition) is 1. The molecular formula is C14H13BrN2O. The molecule has 0 aliphatic rings. The number of alkyl halides is 1. The first-order valence-corrected chi connectivity index (χ1v) is 6.70. The summed E-state index contributed by atoms with van der Waals surface area (Å²) in [5.41, 5.74) is 3.32. The van der Waals surface area contributed by atoms with Gasteiger partial charge < -0.3 is 5.32 Å². The van der Waals surface area contributed by atoms with Crippen LogP contribution in [-0.4, -0.2) is 10.9 Å². The number of hydrogen-bond acceptors (Lipinski definition) is 2. The molecule has 2 aromatic rings. The Labute approximate surface area is 114 Å². The molecule has 1 aromatic carbocycles. The molecule has 1 aromatic heterocycles. The van der Waals surface area contributed by atoms with Crippen molar-refractivity contribution in [2.24, 2.45) is 0 Å². The summed E-state index contributed by atoms with van der Waals surface area (Å²) < 4.78 is 0. The third-order valence-corrected chi connectivity index (χ3v) is 3.19. The van der Waals surface area contributed by atoms with Gasteiger partial charge in [0.15, 0.2) is 0 Å². The van der Waals surface area contributed by atoms with Gasteiger partial charge in [0.2, 0.25) is 0 Å². The minimum Gasteiger partial charge on any atom is -0.322 e. The Morgan fingerprint density at radius 2 is 2.06 bits per heavy atom. The van der Waals surface area contributed by atoms with Gasteiger partial charge in [-0.25, -0.2) is 0 Å². The van der Waals surface area contributed by atoms with Crippen LogP contribution in [0.4, 0.5) is 5.69 Å². The predicted molar refractivity (Wildman–Crippen MR) is 76.0 cm³/mol. The Bertz CT molecular complexity index is 552. The highest BCUT2D eigenvalue weighted by atomic mass is 79.9. The minimum absolute atomic E-state index is 0.143. The van der Waals surface area contributed by atoms with Crippen LogP contribution in [0.5, 0.6) is 0 Å². The van der Waals surface area contributed by atoms with E-state index in [1.165, 1.54) is 0 Å².